The second-order valence-electron chi connectivity index (χ2n) is 31.1. The Balaban J connectivity index is 1.59. The van der Waals surface area contributed by atoms with Crippen molar-refractivity contribution < 1.29 is 166 Å². The smallest absolute Gasteiger partial charge is 0.303 e. The third-order valence-electron chi connectivity index (χ3n) is 19.6. The van der Waals surface area contributed by atoms with Crippen molar-refractivity contribution >= 4 is 103 Å². The lowest BCUT2D eigenvalue weighted by Crippen LogP contribution is -2.66. The number of hydrogen-bond acceptors (Lipinski definition) is 36. The standard InChI is InChI=1S/C81H133N8O35P/c1-18-34-114-125(89(46(2)3)47(4)5)124-61-22-20-60(21-23-61)77(105)88-81(28-25-65(102)82-31-35-106-38-41-109-78-68(85-49(7)91)74(118-57(15)99)71(115-54(12)96)62(121-78)24-19-48(6)90,29-26-66(103)83-32-36-107-39-42-110-79-69(86-50(8)92)75(119-58(16)100)72(116-55(13)97)63(122-79)44-112-52(10)94)30-27-67(104)84-33-37-108-40-43-111-80-70(87-51(9)93)76(120-59(17)101)73(117-56(14)98)64(123-80)45-113-53(11)95/h46-47,60-64,68-76,78-80H,18-45H2,1-17H3,(H,82,102)(H,83,103)(H,84,104)(H,85,91)(H,86,92)(H,87,93)(H,88,105). The summed E-state index contributed by atoms with van der Waals surface area (Å²) in [4.78, 5) is 205. The van der Waals surface area contributed by atoms with E-state index < -0.39 is 208 Å². The van der Waals surface area contributed by atoms with E-state index in [2.05, 4.69) is 69.6 Å². The number of amides is 7. The molecule has 4 aliphatic rings. The lowest BCUT2D eigenvalue weighted by Gasteiger charge is -2.45. The predicted molar refractivity (Wildman–Crippen MR) is 435 cm³/mol. The SMILES string of the molecule is CCCOP(OC1CCC(C(=O)NC(CCC(=O)NCCOCCOC2OC(CCC(C)=O)C(OC(C)=O)C(OC(C)=O)C2NC(C)=O)(CCC(=O)NCCOCCOC2OC(COC(C)=O)C(OC(C)=O)C(OC(C)=O)C2NC(C)=O)CCC(=O)NCCOCCOC2OC(COC(C)=O)C(OC(C)=O)C(OC(C)=O)C2NC(C)=O)CC1)N(C(C)C)C(C)C. The van der Waals surface area contributed by atoms with Gasteiger partial charge in [0.2, 0.25) is 41.4 Å². The van der Waals surface area contributed by atoms with Crippen LogP contribution in [0.1, 0.15) is 201 Å². The molecule has 0 aromatic heterocycles. The maximum Gasteiger partial charge on any atom is 0.303 e. The molecule has 0 aromatic rings. The average Bonchev–Trinajstić information content (AvgIpc) is 0.796. The van der Waals surface area contributed by atoms with Crippen LogP contribution in [0.5, 0.6) is 0 Å². The zero-order chi connectivity index (χ0) is 93.0. The van der Waals surface area contributed by atoms with E-state index in [-0.39, 0.29) is 160 Å². The third kappa shape index (κ3) is 41.5. The number of ketones is 1. The Hall–Kier alpha value is -8.33. The molecule has 7 amide bonds. The fourth-order valence-electron chi connectivity index (χ4n) is 14.4. The Labute approximate surface area is 730 Å². The molecule has 4 rings (SSSR count). The van der Waals surface area contributed by atoms with Gasteiger partial charge in [0.05, 0.1) is 72.2 Å². The molecule has 0 bridgehead atoms. The molecule has 44 heteroatoms. The highest BCUT2D eigenvalue weighted by Gasteiger charge is 2.55. The monoisotopic (exact) mass is 1810 g/mol. The molecular weight excluding hydrogens is 1680 g/mol. The van der Waals surface area contributed by atoms with Crippen LogP contribution in [0.3, 0.4) is 0 Å². The van der Waals surface area contributed by atoms with Crippen LogP contribution in [-0.2, 0) is 166 Å². The summed E-state index contributed by atoms with van der Waals surface area (Å²) >= 11 is 0. The predicted octanol–water partition coefficient (Wildman–Crippen LogP) is 1.75. The number of carbonyl (C=O) groups is 16. The van der Waals surface area contributed by atoms with Gasteiger partial charge in [-0.05, 0) is 92.4 Å². The molecule has 16 unspecified atom stereocenters. The topological polar surface area (TPSA) is 536 Å². The number of nitrogens with zero attached hydrogens (tertiary/aromatic N) is 1. The van der Waals surface area contributed by atoms with Gasteiger partial charge in [-0.1, -0.05) is 6.92 Å². The van der Waals surface area contributed by atoms with Gasteiger partial charge in [0, 0.05) is 145 Å². The summed E-state index contributed by atoms with van der Waals surface area (Å²) in [6.45, 7) is 22.4. The first-order valence-corrected chi connectivity index (χ1v) is 43.4. The molecule has 1 aliphatic carbocycles. The Morgan fingerprint density at radius 1 is 0.400 bits per heavy atom. The molecule has 3 saturated heterocycles. The van der Waals surface area contributed by atoms with Crippen LogP contribution in [0, 0.1) is 5.92 Å². The molecule has 1 saturated carbocycles. The molecule has 3 heterocycles. The van der Waals surface area contributed by atoms with Gasteiger partial charge in [-0.25, -0.2) is 4.67 Å². The number of ether oxygens (including phenoxy) is 17. The fourth-order valence-corrected chi connectivity index (χ4v) is 16.3. The Morgan fingerprint density at radius 2 is 0.728 bits per heavy atom. The van der Waals surface area contributed by atoms with Crippen molar-refractivity contribution in [3.8, 4) is 0 Å². The Kier molecular flexibility index (Phi) is 50.1. The van der Waals surface area contributed by atoms with Crippen molar-refractivity contribution in [1.82, 2.24) is 41.9 Å². The van der Waals surface area contributed by atoms with Crippen LogP contribution in [0.4, 0.5) is 0 Å². The molecule has 125 heavy (non-hydrogen) atoms. The van der Waals surface area contributed by atoms with Crippen molar-refractivity contribution in [3.63, 3.8) is 0 Å². The quantitative estimate of drug-likeness (QED) is 0.0197. The number of rotatable bonds is 56. The normalized spacial score (nSPS) is 24.9. The van der Waals surface area contributed by atoms with Crippen molar-refractivity contribution in [2.45, 2.75) is 317 Å². The van der Waals surface area contributed by atoms with E-state index in [1.54, 1.807) is 0 Å². The summed E-state index contributed by atoms with van der Waals surface area (Å²) < 4.78 is 113. The van der Waals surface area contributed by atoms with Gasteiger partial charge >= 0.3 is 47.8 Å². The highest BCUT2D eigenvalue weighted by atomic mass is 31.2. The summed E-state index contributed by atoms with van der Waals surface area (Å²) in [6.07, 6.45) is -14.3. The van der Waals surface area contributed by atoms with Gasteiger partial charge in [0.25, 0.3) is 8.53 Å². The molecule has 712 valence electrons. The first-order valence-electron chi connectivity index (χ1n) is 42.3. The molecule has 0 aromatic carbocycles. The van der Waals surface area contributed by atoms with Crippen LogP contribution < -0.4 is 37.2 Å². The number of esters is 8. The Morgan fingerprint density at radius 3 is 1.03 bits per heavy atom. The lowest BCUT2D eigenvalue weighted by atomic mass is 9.81. The van der Waals surface area contributed by atoms with E-state index >= 15 is 4.79 Å². The largest absolute Gasteiger partial charge is 0.463 e. The second kappa shape index (κ2) is 57.5. The van der Waals surface area contributed by atoms with Crippen LogP contribution in [0.2, 0.25) is 0 Å². The summed E-state index contributed by atoms with van der Waals surface area (Å²) in [5, 5.41) is 19.6. The van der Waals surface area contributed by atoms with Crippen LogP contribution in [-0.4, -0.2) is 314 Å². The van der Waals surface area contributed by atoms with E-state index in [9.17, 15) is 71.9 Å². The second-order valence-corrected chi connectivity index (χ2v) is 32.5. The molecule has 0 radical (unpaired) electrons. The summed E-state index contributed by atoms with van der Waals surface area (Å²) in [5.74, 6) is -10.5. The van der Waals surface area contributed by atoms with E-state index in [0.29, 0.717) is 32.3 Å². The average molecular weight is 1810 g/mol. The van der Waals surface area contributed by atoms with Gasteiger partial charge < -0.3 is 132 Å². The molecule has 7 N–H and O–H groups in total. The molecule has 4 fully saturated rings. The first-order chi connectivity index (χ1) is 59.1. The van der Waals surface area contributed by atoms with E-state index in [0.717, 1.165) is 61.8 Å². The third-order valence-corrected chi connectivity index (χ3v) is 21.8. The summed E-state index contributed by atoms with van der Waals surface area (Å²) in [6, 6.07) is -3.49. The van der Waals surface area contributed by atoms with E-state index in [1.807, 2.05) is 6.92 Å². The van der Waals surface area contributed by atoms with Gasteiger partial charge in [0.1, 0.15) is 55.4 Å². The number of Topliss-reactive ketones (excluding diaryl/α,β-unsaturated/α-hetero) is 1. The van der Waals surface area contributed by atoms with E-state index in [1.165, 1.54) is 27.7 Å². The van der Waals surface area contributed by atoms with Crippen molar-refractivity contribution in [1.29, 1.82) is 0 Å². The highest BCUT2D eigenvalue weighted by molar-refractivity contribution is 7.44. The number of nitrogens with one attached hydrogen (secondary N) is 7. The molecular formula is C81H133N8O35P. The van der Waals surface area contributed by atoms with Crippen molar-refractivity contribution in [2.75, 3.05) is 98.9 Å². The zero-order valence-corrected chi connectivity index (χ0v) is 75.8. The van der Waals surface area contributed by atoms with Gasteiger partial charge in [-0.15, -0.1) is 0 Å². The number of carbonyl (C=O) groups excluding carboxylic acids is 16. The molecule has 3 aliphatic heterocycles. The van der Waals surface area contributed by atoms with Gasteiger partial charge in [0.15, 0.2) is 55.5 Å². The van der Waals surface area contributed by atoms with Gasteiger partial charge in [-0.3, -0.25) is 71.9 Å². The fraction of sp³-hybridized carbons (Fsp3) is 0.802. The zero-order valence-electron chi connectivity index (χ0n) is 75.0. The van der Waals surface area contributed by atoms with Crippen molar-refractivity contribution in [3.05, 3.63) is 0 Å². The first kappa shape index (κ1) is 109. The maximum absolute atomic E-state index is 15.0. The lowest BCUT2D eigenvalue weighted by molar-refractivity contribution is -0.279. The minimum absolute atomic E-state index is 0.000379. The Bertz CT molecular complexity index is 3180. The highest BCUT2D eigenvalue weighted by Crippen LogP contribution is 2.49. The minimum atomic E-state index is -1.47. The molecule has 43 nitrogen and oxygen atoms in total. The van der Waals surface area contributed by atoms with Crippen molar-refractivity contribution in [2.24, 2.45) is 5.92 Å². The summed E-state index contributed by atoms with van der Waals surface area (Å²) in [7, 11) is -1.47. The molecule has 0 spiro atoms. The minimum Gasteiger partial charge on any atom is -0.463 e. The maximum atomic E-state index is 15.0. The molecule has 16 atom stereocenters. The van der Waals surface area contributed by atoms with Crippen LogP contribution in [0.25, 0.3) is 0 Å². The van der Waals surface area contributed by atoms with Crippen LogP contribution >= 0.6 is 8.53 Å². The van der Waals surface area contributed by atoms with Crippen LogP contribution in [0.15, 0.2) is 0 Å². The van der Waals surface area contributed by atoms with E-state index in [4.69, 9.17) is 89.6 Å². The number of hydrogen-bond donors (Lipinski definition) is 7. The van der Waals surface area contributed by atoms with Gasteiger partial charge in [-0.2, -0.15) is 0 Å². The summed E-state index contributed by atoms with van der Waals surface area (Å²) in [5.41, 5.74) is -1.43.